The number of hydrogen-bond acceptors (Lipinski definition) is 2. The number of aliphatic carboxylic acids is 1. The summed E-state index contributed by atoms with van der Waals surface area (Å²) in [7, 11) is 1.56. The van der Waals surface area contributed by atoms with E-state index in [-0.39, 0.29) is 5.03 Å². The highest BCUT2D eigenvalue weighted by atomic mass is 35.5. The van der Waals surface area contributed by atoms with Gasteiger partial charge in [0.05, 0.1) is 7.11 Å². The van der Waals surface area contributed by atoms with Crippen LogP contribution in [0, 0.1) is 0 Å². The van der Waals surface area contributed by atoms with Gasteiger partial charge in [0.2, 0.25) is 0 Å². The lowest BCUT2D eigenvalue weighted by molar-refractivity contribution is -0.131. The molecule has 3 nitrogen and oxygen atoms in total. The Kier molecular flexibility index (Phi) is 3.54. The minimum atomic E-state index is -1.14. The lowest BCUT2D eigenvalue weighted by Gasteiger charge is -1.99. The van der Waals surface area contributed by atoms with Gasteiger partial charge >= 0.3 is 5.97 Å². The Morgan fingerprint density at radius 3 is 2.43 bits per heavy atom. The van der Waals surface area contributed by atoms with E-state index in [4.69, 9.17) is 21.4 Å². The number of methoxy groups -OCH3 is 1. The molecule has 74 valence electrons. The Morgan fingerprint density at radius 1 is 1.43 bits per heavy atom. The molecule has 1 rings (SSSR count). The predicted molar refractivity (Wildman–Crippen MR) is 54.5 cm³/mol. The van der Waals surface area contributed by atoms with Crippen LogP contribution in [-0.4, -0.2) is 18.2 Å². The lowest BCUT2D eigenvalue weighted by Crippen LogP contribution is -1.93. The number of carbonyl (C=O) groups is 1. The molecule has 0 saturated carbocycles. The van der Waals surface area contributed by atoms with Gasteiger partial charge in [-0.3, -0.25) is 0 Å². The summed E-state index contributed by atoms with van der Waals surface area (Å²) >= 11 is 5.45. The molecule has 1 aromatic carbocycles. The first-order valence-corrected chi connectivity index (χ1v) is 4.26. The highest BCUT2D eigenvalue weighted by Gasteiger charge is 2.02. The smallest absolute Gasteiger partial charge is 0.347 e. The van der Waals surface area contributed by atoms with Gasteiger partial charge in [-0.15, -0.1) is 0 Å². The van der Waals surface area contributed by atoms with Gasteiger partial charge in [0, 0.05) is 0 Å². The molecule has 0 unspecified atom stereocenters. The maximum absolute atomic E-state index is 10.4. The van der Waals surface area contributed by atoms with Crippen molar-refractivity contribution in [2.24, 2.45) is 0 Å². The third-order valence-corrected chi connectivity index (χ3v) is 1.88. The van der Waals surface area contributed by atoms with Crippen molar-refractivity contribution in [1.29, 1.82) is 0 Å². The van der Waals surface area contributed by atoms with Crippen molar-refractivity contribution in [3.05, 3.63) is 34.9 Å². The van der Waals surface area contributed by atoms with Crippen molar-refractivity contribution in [3.63, 3.8) is 0 Å². The highest BCUT2D eigenvalue weighted by Crippen LogP contribution is 2.15. The largest absolute Gasteiger partial charge is 0.497 e. The van der Waals surface area contributed by atoms with Crippen molar-refractivity contribution in [3.8, 4) is 5.75 Å². The molecule has 0 saturated heterocycles. The quantitative estimate of drug-likeness (QED) is 0.783. The Balaban J connectivity index is 2.88. The van der Waals surface area contributed by atoms with Crippen LogP contribution in [0.1, 0.15) is 5.56 Å². The molecule has 0 aromatic heterocycles. The minimum absolute atomic E-state index is 0.213. The average Bonchev–Trinajstić information content (AvgIpc) is 2.19. The van der Waals surface area contributed by atoms with Gasteiger partial charge in [-0.1, -0.05) is 23.7 Å². The van der Waals surface area contributed by atoms with E-state index in [1.165, 1.54) is 6.08 Å². The molecule has 0 aliphatic carbocycles. The number of rotatable bonds is 3. The number of halogens is 1. The van der Waals surface area contributed by atoms with Crippen molar-refractivity contribution in [1.82, 2.24) is 0 Å². The van der Waals surface area contributed by atoms with Crippen LogP contribution in [0.15, 0.2) is 29.3 Å². The molecular weight excluding hydrogens is 204 g/mol. The number of hydrogen-bond donors (Lipinski definition) is 1. The zero-order valence-electron chi connectivity index (χ0n) is 7.53. The summed E-state index contributed by atoms with van der Waals surface area (Å²) in [5, 5.41) is 8.31. The minimum Gasteiger partial charge on any atom is -0.497 e. The van der Waals surface area contributed by atoms with Gasteiger partial charge in [0.1, 0.15) is 10.8 Å². The van der Waals surface area contributed by atoms with Gasteiger partial charge < -0.3 is 9.84 Å². The fourth-order valence-corrected chi connectivity index (χ4v) is 1.03. The second-order valence-electron chi connectivity index (χ2n) is 2.57. The molecule has 0 amide bonds. The van der Waals surface area contributed by atoms with Crippen LogP contribution in [0.2, 0.25) is 0 Å². The number of ether oxygens (including phenoxy) is 1. The SMILES string of the molecule is COc1ccc(C=C(Cl)C(=O)O)cc1. The van der Waals surface area contributed by atoms with Crippen LogP contribution in [0.5, 0.6) is 5.75 Å². The average molecular weight is 213 g/mol. The van der Waals surface area contributed by atoms with E-state index in [0.29, 0.717) is 5.75 Å². The van der Waals surface area contributed by atoms with Crippen LogP contribution in [0.25, 0.3) is 6.08 Å². The normalized spacial score (nSPS) is 11.1. The van der Waals surface area contributed by atoms with Crippen LogP contribution >= 0.6 is 11.6 Å². The molecule has 4 heteroatoms. The molecular formula is C10H9ClO3. The van der Waals surface area contributed by atoms with E-state index < -0.39 is 5.97 Å². The molecule has 0 aliphatic rings. The molecule has 0 aliphatic heterocycles. The molecule has 1 aromatic rings. The second kappa shape index (κ2) is 4.67. The topological polar surface area (TPSA) is 46.5 Å². The van der Waals surface area contributed by atoms with Gasteiger partial charge in [-0.2, -0.15) is 0 Å². The first kappa shape index (κ1) is 10.6. The predicted octanol–water partition coefficient (Wildman–Crippen LogP) is 2.36. The summed E-state index contributed by atoms with van der Waals surface area (Å²) < 4.78 is 4.95. The van der Waals surface area contributed by atoms with E-state index >= 15 is 0 Å². The molecule has 0 atom stereocenters. The van der Waals surface area contributed by atoms with Crippen molar-refractivity contribution >= 4 is 23.6 Å². The van der Waals surface area contributed by atoms with Crippen LogP contribution in [0.3, 0.4) is 0 Å². The van der Waals surface area contributed by atoms with Crippen molar-refractivity contribution < 1.29 is 14.6 Å². The van der Waals surface area contributed by atoms with Crippen molar-refractivity contribution in [2.45, 2.75) is 0 Å². The first-order valence-electron chi connectivity index (χ1n) is 3.88. The Hall–Kier alpha value is -1.48. The molecule has 14 heavy (non-hydrogen) atoms. The lowest BCUT2D eigenvalue weighted by atomic mass is 10.2. The summed E-state index contributed by atoms with van der Waals surface area (Å²) in [6.07, 6.45) is 1.38. The maximum Gasteiger partial charge on any atom is 0.347 e. The summed E-state index contributed by atoms with van der Waals surface area (Å²) in [5.41, 5.74) is 0.721. The van der Waals surface area contributed by atoms with Gasteiger partial charge in [0.25, 0.3) is 0 Å². The van der Waals surface area contributed by atoms with E-state index in [9.17, 15) is 4.79 Å². The van der Waals surface area contributed by atoms with E-state index in [1.54, 1.807) is 31.4 Å². The Morgan fingerprint density at radius 2 is 2.00 bits per heavy atom. The van der Waals surface area contributed by atoms with Crippen LogP contribution < -0.4 is 4.74 Å². The number of carboxylic acid groups (broad SMARTS) is 1. The zero-order valence-corrected chi connectivity index (χ0v) is 8.28. The third-order valence-electron chi connectivity index (χ3n) is 1.61. The van der Waals surface area contributed by atoms with Crippen molar-refractivity contribution in [2.75, 3.05) is 7.11 Å². The standard InChI is InChI=1S/C10H9ClO3/c1-14-8-4-2-7(3-5-8)6-9(11)10(12)13/h2-6H,1H3,(H,12,13). The summed E-state index contributed by atoms with van der Waals surface area (Å²) in [5.74, 6) is -0.420. The van der Waals surface area contributed by atoms with E-state index in [0.717, 1.165) is 5.56 Å². The summed E-state index contributed by atoms with van der Waals surface area (Å²) in [6.45, 7) is 0. The number of benzene rings is 1. The fraction of sp³-hybridized carbons (Fsp3) is 0.100. The molecule has 0 bridgehead atoms. The second-order valence-corrected chi connectivity index (χ2v) is 2.98. The maximum atomic E-state index is 10.4. The van der Waals surface area contributed by atoms with E-state index in [2.05, 4.69) is 0 Å². The molecule has 1 N–H and O–H groups in total. The molecule has 0 radical (unpaired) electrons. The monoisotopic (exact) mass is 212 g/mol. The Labute approximate surface area is 86.6 Å². The zero-order chi connectivity index (χ0) is 10.6. The summed E-state index contributed by atoms with van der Waals surface area (Å²) in [4.78, 5) is 10.4. The summed E-state index contributed by atoms with van der Waals surface area (Å²) in [6, 6.07) is 6.92. The highest BCUT2D eigenvalue weighted by molar-refractivity contribution is 6.42. The first-order chi connectivity index (χ1) is 6.63. The number of carboxylic acids is 1. The van der Waals surface area contributed by atoms with Gasteiger partial charge in [-0.05, 0) is 23.8 Å². The Bertz CT molecular complexity index is 354. The van der Waals surface area contributed by atoms with Crippen LogP contribution in [-0.2, 0) is 4.79 Å². The molecule has 0 spiro atoms. The van der Waals surface area contributed by atoms with Crippen LogP contribution in [0.4, 0.5) is 0 Å². The fourth-order valence-electron chi connectivity index (χ4n) is 0.908. The van der Waals surface area contributed by atoms with Gasteiger partial charge in [-0.25, -0.2) is 4.79 Å². The van der Waals surface area contributed by atoms with Gasteiger partial charge in [0.15, 0.2) is 0 Å². The molecule has 0 fully saturated rings. The third kappa shape index (κ3) is 2.78. The van der Waals surface area contributed by atoms with E-state index in [1.807, 2.05) is 0 Å². The molecule has 0 heterocycles.